The van der Waals surface area contributed by atoms with E-state index in [0.717, 1.165) is 0 Å². The first-order valence-electron chi connectivity index (χ1n) is 5.99. The Hall–Kier alpha value is -1.79. The molecule has 0 aliphatic carbocycles. The molecule has 0 saturated carbocycles. The molecular weight excluding hydrogens is 319 g/mol. The van der Waals surface area contributed by atoms with Crippen molar-refractivity contribution in [3.8, 4) is 0 Å². The van der Waals surface area contributed by atoms with Crippen molar-refractivity contribution in [1.29, 1.82) is 0 Å². The Morgan fingerprint density at radius 3 is 2.14 bits per heavy atom. The van der Waals surface area contributed by atoms with Gasteiger partial charge in [-0.2, -0.15) is 0 Å². The van der Waals surface area contributed by atoms with Gasteiger partial charge in [0, 0.05) is 0 Å². The van der Waals surface area contributed by atoms with Crippen molar-refractivity contribution < 1.29 is 19.1 Å². The summed E-state index contributed by atoms with van der Waals surface area (Å²) in [5.74, 6) is -2.05. The van der Waals surface area contributed by atoms with Crippen molar-refractivity contribution in [1.82, 2.24) is 5.32 Å². The lowest BCUT2D eigenvalue weighted by molar-refractivity contribution is -0.130. The number of primary amides is 1. The molecule has 8 heteroatoms. The van der Waals surface area contributed by atoms with Gasteiger partial charge in [0.05, 0.1) is 15.6 Å². The monoisotopic (exact) mass is 332 g/mol. The standard InChI is InChI=1S/C13H14Cl2N2O4/c1-6(2)10(11(18)17-13(16)20)21-12(19)9-7(14)4-3-5-8(9)15/h3-6,10H,1-2H3,(H3,16,17,18,20)/t10-/m0/s1. The number of urea groups is 1. The number of amides is 3. The van der Waals surface area contributed by atoms with E-state index in [-0.39, 0.29) is 21.5 Å². The van der Waals surface area contributed by atoms with Crippen LogP contribution in [0.3, 0.4) is 0 Å². The molecule has 0 heterocycles. The molecule has 0 saturated heterocycles. The van der Waals surface area contributed by atoms with Crippen molar-refractivity contribution >= 4 is 41.1 Å². The largest absolute Gasteiger partial charge is 0.448 e. The average Bonchev–Trinajstić information content (AvgIpc) is 2.34. The first-order valence-corrected chi connectivity index (χ1v) is 6.75. The third-order valence-electron chi connectivity index (χ3n) is 2.51. The molecule has 0 fully saturated rings. The van der Waals surface area contributed by atoms with Crippen LogP contribution in [0.4, 0.5) is 4.79 Å². The molecule has 1 rings (SSSR count). The number of carbonyl (C=O) groups excluding carboxylic acids is 3. The fourth-order valence-corrected chi connectivity index (χ4v) is 2.10. The quantitative estimate of drug-likeness (QED) is 0.827. The minimum absolute atomic E-state index is 0.0432. The van der Waals surface area contributed by atoms with E-state index in [4.69, 9.17) is 33.7 Å². The smallest absolute Gasteiger partial charge is 0.341 e. The molecule has 1 atom stereocenters. The van der Waals surface area contributed by atoms with Gasteiger partial charge in [-0.25, -0.2) is 9.59 Å². The molecule has 0 spiro atoms. The van der Waals surface area contributed by atoms with Gasteiger partial charge < -0.3 is 10.5 Å². The Bertz CT molecular complexity index is 555. The van der Waals surface area contributed by atoms with Crippen LogP contribution in [0.5, 0.6) is 0 Å². The zero-order valence-corrected chi connectivity index (χ0v) is 12.9. The van der Waals surface area contributed by atoms with Gasteiger partial charge in [-0.1, -0.05) is 43.1 Å². The van der Waals surface area contributed by atoms with Crippen LogP contribution in [0.15, 0.2) is 18.2 Å². The number of nitrogens with two attached hydrogens (primary N) is 1. The Labute approximate surface area is 131 Å². The molecule has 1 aromatic rings. The predicted molar refractivity (Wildman–Crippen MR) is 78.2 cm³/mol. The van der Waals surface area contributed by atoms with Gasteiger partial charge in [-0.3, -0.25) is 10.1 Å². The maximum absolute atomic E-state index is 12.1. The van der Waals surface area contributed by atoms with Crippen molar-refractivity contribution in [3.05, 3.63) is 33.8 Å². The van der Waals surface area contributed by atoms with Gasteiger partial charge >= 0.3 is 12.0 Å². The average molecular weight is 333 g/mol. The van der Waals surface area contributed by atoms with Crippen LogP contribution in [0.1, 0.15) is 24.2 Å². The zero-order valence-electron chi connectivity index (χ0n) is 11.4. The number of esters is 1. The van der Waals surface area contributed by atoms with Crippen molar-refractivity contribution in [2.75, 3.05) is 0 Å². The molecule has 0 aliphatic rings. The number of halogens is 2. The highest BCUT2D eigenvalue weighted by molar-refractivity contribution is 6.39. The van der Waals surface area contributed by atoms with Crippen LogP contribution >= 0.6 is 23.2 Å². The van der Waals surface area contributed by atoms with Gasteiger partial charge in [0.25, 0.3) is 5.91 Å². The number of benzene rings is 1. The van der Waals surface area contributed by atoms with Crippen LogP contribution in [0.25, 0.3) is 0 Å². The molecule has 6 nitrogen and oxygen atoms in total. The normalized spacial score (nSPS) is 11.9. The van der Waals surface area contributed by atoms with E-state index in [1.165, 1.54) is 12.1 Å². The van der Waals surface area contributed by atoms with E-state index in [2.05, 4.69) is 0 Å². The molecule has 0 radical (unpaired) electrons. The van der Waals surface area contributed by atoms with Gasteiger partial charge in [-0.15, -0.1) is 0 Å². The van der Waals surface area contributed by atoms with E-state index in [0.29, 0.717) is 0 Å². The first-order chi connectivity index (χ1) is 9.73. The van der Waals surface area contributed by atoms with Crippen LogP contribution in [-0.2, 0) is 9.53 Å². The van der Waals surface area contributed by atoms with E-state index < -0.39 is 24.0 Å². The molecule has 0 bridgehead atoms. The van der Waals surface area contributed by atoms with Gasteiger partial charge in [0.2, 0.25) is 0 Å². The number of rotatable bonds is 4. The number of hydrogen-bond donors (Lipinski definition) is 2. The predicted octanol–water partition coefficient (Wildman–Crippen LogP) is 2.37. The number of hydrogen-bond acceptors (Lipinski definition) is 4. The zero-order chi connectivity index (χ0) is 16.2. The lowest BCUT2D eigenvalue weighted by Crippen LogP contribution is -2.45. The SMILES string of the molecule is CC(C)[C@H](OC(=O)c1c(Cl)cccc1Cl)C(=O)NC(N)=O. The first kappa shape index (κ1) is 17.3. The summed E-state index contributed by atoms with van der Waals surface area (Å²) >= 11 is 11.8. The highest BCUT2D eigenvalue weighted by atomic mass is 35.5. The molecule has 21 heavy (non-hydrogen) atoms. The Kier molecular flexibility index (Phi) is 5.99. The summed E-state index contributed by atoms with van der Waals surface area (Å²) in [5.41, 5.74) is 4.82. The van der Waals surface area contributed by atoms with E-state index >= 15 is 0 Å². The minimum Gasteiger partial charge on any atom is -0.448 e. The summed E-state index contributed by atoms with van der Waals surface area (Å²) < 4.78 is 5.09. The fourth-order valence-electron chi connectivity index (χ4n) is 1.55. The highest BCUT2D eigenvalue weighted by Crippen LogP contribution is 2.26. The van der Waals surface area contributed by atoms with Crippen molar-refractivity contribution in [2.24, 2.45) is 11.7 Å². The fraction of sp³-hybridized carbons (Fsp3) is 0.308. The lowest BCUT2D eigenvalue weighted by atomic mass is 10.1. The molecule has 114 valence electrons. The Morgan fingerprint density at radius 1 is 1.19 bits per heavy atom. The third kappa shape index (κ3) is 4.61. The second kappa shape index (κ2) is 7.28. The molecule has 0 aliphatic heterocycles. The van der Waals surface area contributed by atoms with Gasteiger partial charge in [-0.05, 0) is 18.1 Å². The van der Waals surface area contributed by atoms with E-state index in [9.17, 15) is 14.4 Å². The van der Waals surface area contributed by atoms with Crippen molar-refractivity contribution in [3.63, 3.8) is 0 Å². The third-order valence-corrected chi connectivity index (χ3v) is 3.14. The summed E-state index contributed by atoms with van der Waals surface area (Å²) in [6, 6.07) is 3.48. The second-order valence-corrected chi connectivity index (χ2v) is 5.33. The molecule has 0 aromatic heterocycles. The van der Waals surface area contributed by atoms with Crippen LogP contribution in [0.2, 0.25) is 10.0 Å². The molecule has 3 amide bonds. The highest BCUT2D eigenvalue weighted by Gasteiger charge is 2.29. The van der Waals surface area contributed by atoms with Crippen LogP contribution in [-0.4, -0.2) is 24.0 Å². The summed E-state index contributed by atoms with van der Waals surface area (Å²) in [6.07, 6.45) is -1.20. The number of nitrogens with one attached hydrogen (secondary N) is 1. The van der Waals surface area contributed by atoms with Crippen LogP contribution in [0, 0.1) is 5.92 Å². The minimum atomic E-state index is -1.20. The Balaban J connectivity index is 2.97. The number of ether oxygens (including phenoxy) is 1. The summed E-state index contributed by atoms with van der Waals surface area (Å²) in [4.78, 5) is 34.6. The van der Waals surface area contributed by atoms with Crippen molar-refractivity contribution in [2.45, 2.75) is 20.0 Å². The second-order valence-electron chi connectivity index (χ2n) is 4.52. The number of imide groups is 1. The maximum Gasteiger partial charge on any atom is 0.341 e. The number of carbonyl (C=O) groups is 3. The van der Waals surface area contributed by atoms with Gasteiger partial charge in [0.15, 0.2) is 6.10 Å². The molecule has 1 aromatic carbocycles. The topological polar surface area (TPSA) is 98.5 Å². The lowest BCUT2D eigenvalue weighted by Gasteiger charge is -2.20. The summed E-state index contributed by atoms with van der Waals surface area (Å²) in [6.45, 7) is 3.29. The molecule has 3 N–H and O–H groups in total. The molecule has 0 unspecified atom stereocenters. The Morgan fingerprint density at radius 2 is 1.71 bits per heavy atom. The van der Waals surface area contributed by atoms with Crippen LogP contribution < -0.4 is 11.1 Å². The van der Waals surface area contributed by atoms with E-state index in [1.807, 2.05) is 5.32 Å². The molecular formula is C13H14Cl2N2O4. The van der Waals surface area contributed by atoms with E-state index in [1.54, 1.807) is 19.9 Å². The van der Waals surface area contributed by atoms with Gasteiger partial charge in [0.1, 0.15) is 0 Å². The maximum atomic E-state index is 12.1. The summed E-state index contributed by atoms with van der Waals surface area (Å²) in [7, 11) is 0. The summed E-state index contributed by atoms with van der Waals surface area (Å²) in [5, 5.41) is 2.07.